The van der Waals surface area contributed by atoms with Crippen molar-refractivity contribution in [2.75, 3.05) is 11.6 Å². The molecule has 2 aromatic rings. The van der Waals surface area contributed by atoms with Gasteiger partial charge in [0.15, 0.2) is 0 Å². The largest absolute Gasteiger partial charge is 0.465 e. The van der Waals surface area contributed by atoms with Gasteiger partial charge in [0.1, 0.15) is 18.2 Å². The first kappa shape index (κ1) is 18.9. The molecule has 1 fully saturated rings. The summed E-state index contributed by atoms with van der Waals surface area (Å²) in [6.45, 7) is -0.225. The van der Waals surface area contributed by atoms with Gasteiger partial charge >= 0.3 is 0 Å². The van der Waals surface area contributed by atoms with Gasteiger partial charge in [0, 0.05) is 11.8 Å². The van der Waals surface area contributed by atoms with Gasteiger partial charge < -0.3 is 4.42 Å². The number of carbonyl (C=O) groups is 3. The topological polar surface area (TPSA) is 70.8 Å². The highest BCUT2D eigenvalue weighted by Crippen LogP contribution is 2.35. The molecule has 1 saturated heterocycles. The first-order valence-corrected chi connectivity index (χ1v) is 9.33. The molecule has 0 radical (unpaired) electrons. The van der Waals surface area contributed by atoms with E-state index in [0.29, 0.717) is 24.3 Å². The van der Waals surface area contributed by atoms with E-state index >= 15 is 0 Å². The van der Waals surface area contributed by atoms with E-state index in [-0.39, 0.29) is 30.3 Å². The van der Waals surface area contributed by atoms with Gasteiger partial charge in [-0.15, -0.1) is 0 Å². The number of hydrogen-bond acceptors (Lipinski definition) is 4. The third kappa shape index (κ3) is 3.76. The van der Waals surface area contributed by atoms with Crippen molar-refractivity contribution in [3.8, 4) is 0 Å². The van der Waals surface area contributed by atoms with E-state index < -0.39 is 11.7 Å². The van der Waals surface area contributed by atoms with Gasteiger partial charge in [-0.05, 0) is 55.3 Å². The summed E-state index contributed by atoms with van der Waals surface area (Å²) in [6.07, 6.45) is 9.14. The molecular formula is C22H19FN2O4. The van der Waals surface area contributed by atoms with Gasteiger partial charge in [-0.3, -0.25) is 24.2 Å². The van der Waals surface area contributed by atoms with E-state index in [1.165, 1.54) is 47.6 Å². The maximum atomic E-state index is 13.4. The Morgan fingerprint density at radius 1 is 1.10 bits per heavy atom. The van der Waals surface area contributed by atoms with Crippen molar-refractivity contribution in [3.05, 3.63) is 72.5 Å². The summed E-state index contributed by atoms with van der Waals surface area (Å²) in [5.41, 5.74) is 0.383. The van der Waals surface area contributed by atoms with E-state index in [9.17, 15) is 18.8 Å². The maximum Gasteiger partial charge on any atom is 0.252 e. The van der Waals surface area contributed by atoms with Gasteiger partial charge in [0.05, 0.1) is 18.1 Å². The number of anilines is 1. The SMILES string of the molecule is O=C1[C@@H]2CC=CC[C@H]2C(=O)N1CN(C(=O)/C=C/c1ccco1)c1ccc(F)cc1. The van der Waals surface area contributed by atoms with Crippen LogP contribution in [0.25, 0.3) is 6.08 Å². The van der Waals surface area contributed by atoms with Gasteiger partial charge in [0.25, 0.3) is 5.91 Å². The Labute approximate surface area is 166 Å². The van der Waals surface area contributed by atoms with E-state index in [1.807, 2.05) is 12.2 Å². The molecule has 2 heterocycles. The van der Waals surface area contributed by atoms with E-state index in [0.717, 1.165) is 4.90 Å². The van der Waals surface area contributed by atoms with Crippen molar-refractivity contribution in [1.82, 2.24) is 4.90 Å². The molecule has 0 bridgehead atoms. The van der Waals surface area contributed by atoms with Crippen molar-refractivity contribution >= 4 is 29.5 Å². The number of hydrogen-bond donors (Lipinski definition) is 0. The van der Waals surface area contributed by atoms with Gasteiger partial charge in [-0.25, -0.2) is 4.39 Å². The molecule has 4 rings (SSSR count). The Balaban J connectivity index is 1.60. The number of imide groups is 1. The zero-order chi connectivity index (χ0) is 20.4. The Kier molecular flexibility index (Phi) is 5.12. The molecule has 1 aliphatic carbocycles. The van der Waals surface area contributed by atoms with E-state index in [1.54, 1.807) is 12.1 Å². The zero-order valence-electron chi connectivity index (χ0n) is 15.5. The number of halogens is 1. The van der Waals surface area contributed by atoms with E-state index in [4.69, 9.17) is 4.42 Å². The second-order valence-corrected chi connectivity index (χ2v) is 6.99. The molecule has 0 N–H and O–H groups in total. The number of amides is 3. The summed E-state index contributed by atoms with van der Waals surface area (Å²) < 4.78 is 18.5. The highest BCUT2D eigenvalue weighted by molar-refractivity contribution is 6.08. The fraction of sp³-hybridized carbons (Fsp3) is 0.227. The lowest BCUT2D eigenvalue weighted by atomic mass is 9.85. The summed E-state index contributed by atoms with van der Waals surface area (Å²) in [4.78, 5) is 40.8. The Hall–Kier alpha value is -3.48. The lowest BCUT2D eigenvalue weighted by molar-refractivity contribution is -0.140. The van der Waals surface area contributed by atoms with Gasteiger partial charge in [0.2, 0.25) is 11.8 Å². The van der Waals surface area contributed by atoms with E-state index in [2.05, 4.69) is 0 Å². The third-order valence-corrected chi connectivity index (χ3v) is 5.22. The monoisotopic (exact) mass is 394 g/mol. The molecule has 0 spiro atoms. The van der Waals surface area contributed by atoms with Crippen molar-refractivity contribution < 1.29 is 23.2 Å². The van der Waals surface area contributed by atoms with Crippen molar-refractivity contribution in [2.24, 2.45) is 11.8 Å². The molecule has 1 aliphatic heterocycles. The van der Waals surface area contributed by atoms with Crippen molar-refractivity contribution in [2.45, 2.75) is 12.8 Å². The molecule has 29 heavy (non-hydrogen) atoms. The van der Waals surface area contributed by atoms with Crippen LogP contribution in [0.5, 0.6) is 0 Å². The minimum Gasteiger partial charge on any atom is -0.465 e. The molecule has 0 saturated carbocycles. The number of likely N-dealkylation sites (tertiary alicyclic amines) is 1. The van der Waals surface area contributed by atoms with Crippen LogP contribution >= 0.6 is 0 Å². The number of benzene rings is 1. The van der Waals surface area contributed by atoms with Crippen molar-refractivity contribution in [1.29, 1.82) is 0 Å². The Bertz CT molecular complexity index is 953. The van der Waals surface area contributed by atoms with Gasteiger partial charge in [-0.1, -0.05) is 12.2 Å². The molecule has 6 nitrogen and oxygen atoms in total. The number of nitrogens with zero attached hydrogens (tertiary/aromatic N) is 2. The van der Waals surface area contributed by atoms with Crippen LogP contribution in [-0.4, -0.2) is 29.3 Å². The highest BCUT2D eigenvalue weighted by Gasteiger charge is 2.47. The number of furan rings is 1. The molecule has 3 amide bonds. The van der Waals surface area contributed by atoms with Crippen LogP contribution in [0.1, 0.15) is 18.6 Å². The lowest BCUT2D eigenvalue weighted by Gasteiger charge is -2.26. The molecule has 148 valence electrons. The van der Waals surface area contributed by atoms with Crippen LogP contribution in [0.15, 0.2) is 65.3 Å². The third-order valence-electron chi connectivity index (χ3n) is 5.22. The zero-order valence-corrected chi connectivity index (χ0v) is 15.5. The summed E-state index contributed by atoms with van der Waals surface area (Å²) in [5, 5.41) is 0. The quantitative estimate of drug-likeness (QED) is 0.443. The lowest BCUT2D eigenvalue weighted by Crippen LogP contribution is -2.44. The molecule has 1 aromatic heterocycles. The Morgan fingerprint density at radius 3 is 2.34 bits per heavy atom. The number of allylic oxidation sites excluding steroid dienone is 2. The first-order chi connectivity index (χ1) is 14.0. The fourth-order valence-corrected chi connectivity index (χ4v) is 3.68. The van der Waals surface area contributed by atoms with Gasteiger partial charge in [-0.2, -0.15) is 0 Å². The van der Waals surface area contributed by atoms with Crippen LogP contribution in [0.4, 0.5) is 10.1 Å². The van der Waals surface area contributed by atoms with Crippen LogP contribution in [0.2, 0.25) is 0 Å². The summed E-state index contributed by atoms with van der Waals surface area (Å²) in [5.74, 6) is -1.73. The average Bonchev–Trinajstić information content (AvgIpc) is 3.34. The second-order valence-electron chi connectivity index (χ2n) is 6.99. The average molecular weight is 394 g/mol. The second kappa shape index (κ2) is 7.87. The number of fused-ring (bicyclic) bond motifs is 1. The molecule has 2 atom stereocenters. The maximum absolute atomic E-state index is 13.4. The van der Waals surface area contributed by atoms with Crippen LogP contribution < -0.4 is 4.90 Å². The highest BCUT2D eigenvalue weighted by atomic mass is 19.1. The minimum atomic E-state index is -0.457. The minimum absolute atomic E-state index is 0.225. The normalized spacial score (nSPS) is 21.1. The van der Waals surface area contributed by atoms with Crippen LogP contribution in [0, 0.1) is 17.7 Å². The number of carbonyl (C=O) groups excluding carboxylic acids is 3. The molecule has 2 aliphatic rings. The van der Waals surface area contributed by atoms with Crippen LogP contribution in [0.3, 0.4) is 0 Å². The standard InChI is InChI=1S/C22H19FN2O4/c23-15-7-9-16(10-8-15)24(20(26)12-11-17-4-3-13-29-17)14-25-21(27)18-5-1-2-6-19(18)22(25)28/h1-4,7-13,18-19H,5-6,14H2/b12-11+/t18-,19-/m1/s1. The molecular weight excluding hydrogens is 375 g/mol. The molecule has 1 aromatic carbocycles. The predicted octanol–water partition coefficient (Wildman–Crippen LogP) is 3.37. The molecule has 0 unspecified atom stereocenters. The Morgan fingerprint density at radius 2 is 1.76 bits per heavy atom. The smallest absolute Gasteiger partial charge is 0.252 e. The van der Waals surface area contributed by atoms with Crippen LogP contribution in [-0.2, 0) is 14.4 Å². The predicted molar refractivity (Wildman–Crippen MR) is 104 cm³/mol. The summed E-state index contributed by atoms with van der Waals surface area (Å²) in [7, 11) is 0. The summed E-state index contributed by atoms with van der Waals surface area (Å²) >= 11 is 0. The van der Waals surface area contributed by atoms with Crippen molar-refractivity contribution in [3.63, 3.8) is 0 Å². The number of rotatable bonds is 5. The first-order valence-electron chi connectivity index (χ1n) is 9.33. The fourth-order valence-electron chi connectivity index (χ4n) is 3.68. The summed E-state index contributed by atoms with van der Waals surface area (Å²) in [6, 6.07) is 8.71. The molecule has 7 heteroatoms.